The molecule has 2 heteroatoms. The van der Waals surface area contributed by atoms with Crippen LogP contribution in [0.4, 0.5) is 0 Å². The number of ketones is 1. The number of carbonyl (C=O) groups excluding carboxylic acids is 2. The minimum absolute atomic E-state index is 0.273. The number of aldehydes is 1. The molecule has 0 heterocycles. The largest absolute Gasteiger partial charge is 0.302 e. The molecule has 0 aliphatic heterocycles. The Morgan fingerprint density at radius 1 is 1.25 bits per heavy atom. The van der Waals surface area contributed by atoms with Crippen LogP contribution in [0.5, 0.6) is 0 Å². The lowest BCUT2D eigenvalue weighted by Gasteiger charge is -2.14. The minimum atomic E-state index is 0.273. The number of Topliss-reactive ketones (excluding diaryl/α,β-unsaturated/α-hetero) is 1. The molecular weight excluding hydrogens is 200 g/mol. The molecule has 0 unspecified atom stereocenters. The highest BCUT2D eigenvalue weighted by atomic mass is 16.1. The van der Waals surface area contributed by atoms with Gasteiger partial charge < -0.3 is 4.79 Å². The van der Waals surface area contributed by atoms with Crippen LogP contribution in [0.25, 0.3) is 0 Å². The molecule has 0 aromatic heterocycles. The van der Waals surface area contributed by atoms with E-state index < -0.39 is 0 Å². The van der Waals surface area contributed by atoms with Crippen LogP contribution in [0, 0.1) is 11.8 Å². The number of aryl methyl sites for hydroxylation is 1. The van der Waals surface area contributed by atoms with E-state index in [0.717, 1.165) is 23.8 Å². The van der Waals surface area contributed by atoms with Crippen LogP contribution in [0.3, 0.4) is 0 Å². The van der Waals surface area contributed by atoms with Gasteiger partial charge in [0.05, 0.1) is 6.42 Å². The number of hydrogen-bond donors (Lipinski definition) is 0. The summed E-state index contributed by atoms with van der Waals surface area (Å²) < 4.78 is 0. The van der Waals surface area contributed by atoms with Crippen molar-refractivity contribution in [3.63, 3.8) is 0 Å². The summed E-state index contributed by atoms with van der Waals surface area (Å²) >= 11 is 0. The Labute approximate surface area is 94.7 Å². The van der Waals surface area contributed by atoms with Crippen LogP contribution in [0.1, 0.15) is 29.5 Å². The lowest BCUT2D eigenvalue weighted by atomic mass is 9.90. The van der Waals surface area contributed by atoms with E-state index in [1.807, 2.05) is 18.2 Å². The SMILES string of the molecule is O=CCC#Cc1ccc2c(c1)CCC(=O)C2. The van der Waals surface area contributed by atoms with E-state index in [0.29, 0.717) is 18.6 Å². The zero-order valence-electron chi connectivity index (χ0n) is 8.95. The molecular formula is C14H12O2. The second-order valence-corrected chi connectivity index (χ2v) is 3.87. The third-order valence-corrected chi connectivity index (χ3v) is 2.69. The summed E-state index contributed by atoms with van der Waals surface area (Å²) in [7, 11) is 0. The maximum atomic E-state index is 11.3. The summed E-state index contributed by atoms with van der Waals surface area (Å²) in [5, 5.41) is 0. The van der Waals surface area contributed by atoms with Crippen molar-refractivity contribution in [3.05, 3.63) is 34.9 Å². The number of fused-ring (bicyclic) bond motifs is 1. The van der Waals surface area contributed by atoms with Crippen molar-refractivity contribution >= 4 is 12.1 Å². The third kappa shape index (κ3) is 2.38. The normalized spacial score (nSPS) is 13.6. The first-order chi connectivity index (χ1) is 7.79. The highest BCUT2D eigenvalue weighted by Gasteiger charge is 2.14. The Bertz CT molecular complexity index is 489. The Balaban J connectivity index is 2.23. The van der Waals surface area contributed by atoms with Crippen molar-refractivity contribution in [2.24, 2.45) is 0 Å². The van der Waals surface area contributed by atoms with E-state index in [4.69, 9.17) is 0 Å². The fraction of sp³-hybridized carbons (Fsp3) is 0.286. The summed E-state index contributed by atoms with van der Waals surface area (Å²) in [4.78, 5) is 21.4. The molecule has 1 aromatic carbocycles. The molecule has 2 rings (SSSR count). The second-order valence-electron chi connectivity index (χ2n) is 3.87. The lowest BCUT2D eigenvalue weighted by Crippen LogP contribution is -2.13. The van der Waals surface area contributed by atoms with Gasteiger partial charge in [0.1, 0.15) is 12.1 Å². The summed E-state index contributed by atoms with van der Waals surface area (Å²) in [6, 6.07) is 5.91. The van der Waals surface area contributed by atoms with E-state index >= 15 is 0 Å². The van der Waals surface area contributed by atoms with Crippen LogP contribution >= 0.6 is 0 Å². The molecule has 0 atom stereocenters. The Hall–Kier alpha value is -1.88. The number of carbonyl (C=O) groups is 2. The molecule has 1 aliphatic carbocycles. The molecule has 0 spiro atoms. The molecule has 2 nitrogen and oxygen atoms in total. The molecule has 0 saturated carbocycles. The Morgan fingerprint density at radius 3 is 2.94 bits per heavy atom. The standard InChI is InChI=1S/C14H12O2/c15-8-2-1-3-11-4-5-13-10-14(16)7-6-12(13)9-11/h4-5,8-9H,2,6-7,10H2. The topological polar surface area (TPSA) is 34.1 Å². The fourth-order valence-corrected chi connectivity index (χ4v) is 1.88. The molecule has 16 heavy (non-hydrogen) atoms. The molecule has 0 bridgehead atoms. The maximum absolute atomic E-state index is 11.3. The quantitative estimate of drug-likeness (QED) is 0.524. The predicted octanol–water partition coefficient (Wildman–Crippen LogP) is 1.68. The molecule has 80 valence electrons. The van der Waals surface area contributed by atoms with Gasteiger partial charge in [0.15, 0.2) is 0 Å². The fourth-order valence-electron chi connectivity index (χ4n) is 1.88. The molecule has 0 N–H and O–H groups in total. The highest BCUT2D eigenvalue weighted by Crippen LogP contribution is 2.20. The van der Waals surface area contributed by atoms with Gasteiger partial charge >= 0.3 is 0 Å². The summed E-state index contributed by atoms with van der Waals surface area (Å²) in [6.07, 6.45) is 3.08. The van der Waals surface area contributed by atoms with Crippen molar-refractivity contribution < 1.29 is 9.59 Å². The van der Waals surface area contributed by atoms with Gasteiger partial charge in [-0.1, -0.05) is 17.9 Å². The van der Waals surface area contributed by atoms with Crippen molar-refractivity contribution in [2.45, 2.75) is 25.7 Å². The lowest BCUT2D eigenvalue weighted by molar-refractivity contribution is -0.118. The van der Waals surface area contributed by atoms with Crippen molar-refractivity contribution in [1.29, 1.82) is 0 Å². The third-order valence-electron chi connectivity index (χ3n) is 2.69. The van der Waals surface area contributed by atoms with E-state index in [2.05, 4.69) is 11.8 Å². The second kappa shape index (κ2) is 4.76. The van der Waals surface area contributed by atoms with E-state index in [-0.39, 0.29) is 6.42 Å². The maximum Gasteiger partial charge on any atom is 0.137 e. The van der Waals surface area contributed by atoms with Crippen LogP contribution in [-0.4, -0.2) is 12.1 Å². The molecule has 1 aromatic rings. The van der Waals surface area contributed by atoms with Gasteiger partial charge in [-0.05, 0) is 29.7 Å². The van der Waals surface area contributed by atoms with Gasteiger partial charge in [-0.25, -0.2) is 0 Å². The van der Waals surface area contributed by atoms with Crippen LogP contribution in [0.2, 0.25) is 0 Å². The zero-order chi connectivity index (χ0) is 11.4. The molecule has 0 saturated heterocycles. The van der Waals surface area contributed by atoms with Gasteiger partial charge in [-0.3, -0.25) is 4.79 Å². The predicted molar refractivity (Wildman–Crippen MR) is 61.0 cm³/mol. The molecule has 0 amide bonds. The summed E-state index contributed by atoms with van der Waals surface area (Å²) in [5.74, 6) is 6.03. The first kappa shape index (κ1) is 10.6. The summed E-state index contributed by atoms with van der Waals surface area (Å²) in [6.45, 7) is 0. The van der Waals surface area contributed by atoms with E-state index in [9.17, 15) is 9.59 Å². The average molecular weight is 212 g/mol. The van der Waals surface area contributed by atoms with Crippen LogP contribution in [0.15, 0.2) is 18.2 Å². The minimum Gasteiger partial charge on any atom is -0.302 e. The molecule has 0 radical (unpaired) electrons. The smallest absolute Gasteiger partial charge is 0.137 e. The first-order valence-electron chi connectivity index (χ1n) is 5.35. The highest BCUT2D eigenvalue weighted by molar-refractivity contribution is 5.83. The average Bonchev–Trinajstić information content (AvgIpc) is 2.29. The molecule has 1 aliphatic rings. The van der Waals surface area contributed by atoms with Gasteiger partial charge in [-0.15, -0.1) is 0 Å². The van der Waals surface area contributed by atoms with Gasteiger partial charge in [0.2, 0.25) is 0 Å². The van der Waals surface area contributed by atoms with Gasteiger partial charge in [-0.2, -0.15) is 0 Å². The number of rotatable bonds is 1. The van der Waals surface area contributed by atoms with Crippen molar-refractivity contribution in [1.82, 2.24) is 0 Å². The Kier molecular flexibility index (Phi) is 3.16. The van der Waals surface area contributed by atoms with Gasteiger partial charge in [0, 0.05) is 18.4 Å². The summed E-state index contributed by atoms with van der Waals surface area (Å²) in [5.41, 5.74) is 3.27. The Morgan fingerprint density at radius 2 is 2.12 bits per heavy atom. The van der Waals surface area contributed by atoms with Crippen molar-refractivity contribution in [2.75, 3.05) is 0 Å². The van der Waals surface area contributed by atoms with Crippen molar-refractivity contribution in [3.8, 4) is 11.8 Å². The zero-order valence-corrected chi connectivity index (χ0v) is 8.95. The monoisotopic (exact) mass is 212 g/mol. The van der Waals surface area contributed by atoms with Gasteiger partial charge in [0.25, 0.3) is 0 Å². The van der Waals surface area contributed by atoms with Crippen LogP contribution < -0.4 is 0 Å². The van der Waals surface area contributed by atoms with Crippen LogP contribution in [-0.2, 0) is 22.4 Å². The number of benzene rings is 1. The van der Waals surface area contributed by atoms with E-state index in [1.54, 1.807) is 0 Å². The molecule has 0 fully saturated rings. The number of hydrogen-bond acceptors (Lipinski definition) is 2. The first-order valence-corrected chi connectivity index (χ1v) is 5.35. The van der Waals surface area contributed by atoms with E-state index in [1.165, 1.54) is 5.56 Å².